The summed E-state index contributed by atoms with van der Waals surface area (Å²) in [6, 6.07) is 8.61. The smallest absolute Gasteiger partial charge is 1.00 e. The molecule has 1 aromatic carbocycles. The van der Waals surface area contributed by atoms with E-state index < -0.39 is 0 Å². The zero-order valence-corrected chi connectivity index (χ0v) is 13.1. The van der Waals surface area contributed by atoms with Gasteiger partial charge in [0.05, 0.1) is 0 Å². The fraction of sp³-hybridized carbons (Fsp3) is 0.200. The molecule has 0 saturated heterocycles. The van der Waals surface area contributed by atoms with Gasteiger partial charge in [0.1, 0.15) is 0 Å². The normalized spacial score (nSPS) is 18.1. The van der Waals surface area contributed by atoms with E-state index in [1.807, 2.05) is 0 Å². The predicted octanol–water partition coefficient (Wildman–Crippen LogP) is -3.30. The number of fused-ring (bicyclic) bond motifs is 1. The van der Waals surface area contributed by atoms with Gasteiger partial charge in [0.2, 0.25) is 0 Å². The Morgan fingerprint density at radius 2 is 1.77 bits per heavy atom. The Balaban J connectivity index is 0.000000720. The molecule has 0 nitrogen and oxygen atoms in total. The molecule has 1 aromatic rings. The molecular formula is C10H9I2Ti. The van der Waals surface area contributed by atoms with E-state index >= 15 is 0 Å². The minimum absolute atomic E-state index is 0. The van der Waals surface area contributed by atoms with Crippen LogP contribution in [0.4, 0.5) is 0 Å². The Morgan fingerprint density at radius 3 is 2.38 bits per heavy atom. The standard InChI is InChI=1S/C10H9.2HI.Ti/c1-8-6-7-9-4-2-3-5-10(8)9;;;/h2-5,7-8H,1H3;2*1H;/q;;;+2/p-2. The second-order valence-corrected chi connectivity index (χ2v) is 3.85. The molecule has 0 amide bonds. The molecule has 0 N–H and O–H groups in total. The predicted molar refractivity (Wildman–Crippen MR) is 42.8 cm³/mol. The van der Waals surface area contributed by atoms with Gasteiger partial charge in [0.15, 0.2) is 0 Å². The van der Waals surface area contributed by atoms with Gasteiger partial charge in [0.25, 0.3) is 0 Å². The van der Waals surface area contributed by atoms with Crippen molar-refractivity contribution in [1.29, 1.82) is 0 Å². The Bertz CT molecular complexity index is 320. The molecule has 2 rings (SSSR count). The quantitative estimate of drug-likeness (QED) is 0.299. The van der Waals surface area contributed by atoms with E-state index in [0.717, 1.165) is 0 Å². The molecule has 1 aliphatic carbocycles. The zero-order chi connectivity index (χ0) is 7.84. The Morgan fingerprint density at radius 1 is 1.15 bits per heavy atom. The van der Waals surface area contributed by atoms with Crippen LogP contribution in [0.15, 0.2) is 28.1 Å². The monoisotopic (exact) mass is 431 g/mol. The summed E-state index contributed by atoms with van der Waals surface area (Å²) < 4.78 is 1.48. The molecule has 1 aliphatic rings. The van der Waals surface area contributed by atoms with Gasteiger partial charge in [-0.15, -0.1) is 0 Å². The first-order valence-electron chi connectivity index (χ1n) is 3.81. The SMILES string of the molecule is CC1[C]([Ti+2])=Cc2ccccc21.[I-].[I-]. The third-order valence-corrected chi connectivity index (χ3v) is 3.14. The molecule has 3 heteroatoms. The molecular weight excluding hydrogens is 422 g/mol. The molecule has 0 bridgehead atoms. The molecule has 67 valence electrons. The van der Waals surface area contributed by atoms with Crippen LogP contribution >= 0.6 is 0 Å². The zero-order valence-electron chi connectivity index (χ0n) is 7.22. The summed E-state index contributed by atoms with van der Waals surface area (Å²) in [5.74, 6) is 0.631. The summed E-state index contributed by atoms with van der Waals surface area (Å²) >= 11 is 2.20. The van der Waals surface area contributed by atoms with Crippen LogP contribution in [0.5, 0.6) is 0 Å². The van der Waals surface area contributed by atoms with E-state index in [-0.39, 0.29) is 48.0 Å². The topological polar surface area (TPSA) is 0 Å². The van der Waals surface area contributed by atoms with E-state index in [4.69, 9.17) is 0 Å². The van der Waals surface area contributed by atoms with Crippen molar-refractivity contribution in [2.24, 2.45) is 0 Å². The van der Waals surface area contributed by atoms with Gasteiger partial charge in [-0.05, 0) is 0 Å². The second kappa shape index (κ2) is 5.88. The maximum atomic E-state index is 2.28. The number of allylic oxidation sites excluding steroid dienone is 1. The number of halogens is 2. The van der Waals surface area contributed by atoms with Gasteiger partial charge in [-0.25, -0.2) is 0 Å². The van der Waals surface area contributed by atoms with Crippen molar-refractivity contribution in [3.8, 4) is 0 Å². The van der Waals surface area contributed by atoms with Crippen molar-refractivity contribution in [2.45, 2.75) is 12.8 Å². The summed E-state index contributed by atoms with van der Waals surface area (Å²) in [5.41, 5.74) is 2.88. The average Bonchev–Trinajstić information content (AvgIpc) is 2.30. The average molecular weight is 431 g/mol. The summed E-state index contributed by atoms with van der Waals surface area (Å²) in [7, 11) is 0. The first-order chi connectivity index (χ1) is 5.29. The van der Waals surface area contributed by atoms with E-state index in [0.29, 0.717) is 5.92 Å². The Kier molecular flexibility index (Phi) is 6.39. The first-order valence-corrected chi connectivity index (χ1v) is 4.59. The molecule has 13 heavy (non-hydrogen) atoms. The molecule has 0 aliphatic heterocycles. The minimum Gasteiger partial charge on any atom is -1.00 e. The van der Waals surface area contributed by atoms with Crippen molar-refractivity contribution < 1.29 is 68.4 Å². The molecule has 0 spiro atoms. The van der Waals surface area contributed by atoms with Crippen LogP contribution in [0, 0.1) is 0 Å². The molecule has 0 saturated carbocycles. The Hall–Kier alpha value is 1.13. The van der Waals surface area contributed by atoms with Gasteiger partial charge < -0.3 is 48.0 Å². The minimum atomic E-state index is 0. The van der Waals surface area contributed by atoms with Crippen molar-refractivity contribution >= 4 is 6.08 Å². The number of hydrogen-bond acceptors (Lipinski definition) is 0. The molecule has 1 unspecified atom stereocenters. The largest absolute Gasteiger partial charge is 1.00 e. The van der Waals surface area contributed by atoms with Crippen LogP contribution in [-0.2, 0) is 20.4 Å². The van der Waals surface area contributed by atoms with Crippen LogP contribution in [0.2, 0.25) is 0 Å². The van der Waals surface area contributed by atoms with Crippen molar-refractivity contribution in [2.75, 3.05) is 0 Å². The van der Waals surface area contributed by atoms with Gasteiger partial charge in [-0.1, -0.05) is 0 Å². The van der Waals surface area contributed by atoms with Crippen molar-refractivity contribution in [3.05, 3.63) is 39.3 Å². The number of hydrogen-bond donors (Lipinski definition) is 0. The van der Waals surface area contributed by atoms with E-state index in [9.17, 15) is 0 Å². The summed E-state index contributed by atoms with van der Waals surface area (Å²) in [5, 5.41) is 0. The molecule has 0 aromatic heterocycles. The maximum absolute atomic E-state index is 2.28. The van der Waals surface area contributed by atoms with Crippen LogP contribution < -0.4 is 48.0 Å². The summed E-state index contributed by atoms with van der Waals surface area (Å²) in [4.78, 5) is 0. The fourth-order valence-electron chi connectivity index (χ4n) is 1.50. The third-order valence-electron chi connectivity index (χ3n) is 2.24. The third kappa shape index (κ3) is 2.80. The van der Waals surface area contributed by atoms with Crippen molar-refractivity contribution in [3.63, 3.8) is 0 Å². The molecule has 1 atom stereocenters. The fourth-order valence-corrected chi connectivity index (χ4v) is 1.98. The van der Waals surface area contributed by atoms with E-state index in [2.05, 4.69) is 57.7 Å². The van der Waals surface area contributed by atoms with E-state index in [1.165, 1.54) is 15.0 Å². The molecule has 0 heterocycles. The van der Waals surface area contributed by atoms with E-state index in [1.54, 1.807) is 0 Å². The summed E-state index contributed by atoms with van der Waals surface area (Å²) in [6.45, 7) is 2.26. The van der Waals surface area contributed by atoms with Crippen LogP contribution in [0.25, 0.3) is 6.08 Å². The second-order valence-electron chi connectivity index (χ2n) is 2.95. The van der Waals surface area contributed by atoms with Gasteiger partial charge in [-0.3, -0.25) is 0 Å². The maximum Gasteiger partial charge on any atom is -1.00 e. The number of rotatable bonds is 0. The van der Waals surface area contributed by atoms with Gasteiger partial charge >= 0.3 is 78.6 Å². The first kappa shape index (κ1) is 14.1. The van der Waals surface area contributed by atoms with Gasteiger partial charge in [0, 0.05) is 0 Å². The van der Waals surface area contributed by atoms with Crippen LogP contribution in [0.1, 0.15) is 24.0 Å². The molecule has 0 radical (unpaired) electrons. The number of benzene rings is 1. The summed E-state index contributed by atoms with van der Waals surface area (Å²) in [6.07, 6.45) is 2.28. The van der Waals surface area contributed by atoms with Crippen LogP contribution in [-0.4, -0.2) is 0 Å². The van der Waals surface area contributed by atoms with Gasteiger partial charge in [-0.2, -0.15) is 0 Å². The molecule has 0 fully saturated rings. The Labute approximate surface area is 125 Å². The van der Waals surface area contributed by atoms with Crippen molar-refractivity contribution in [1.82, 2.24) is 0 Å². The van der Waals surface area contributed by atoms with Crippen LogP contribution in [0.3, 0.4) is 0 Å².